The molecule has 0 aliphatic heterocycles. The van der Waals surface area contributed by atoms with Crippen molar-refractivity contribution < 1.29 is 14.3 Å². The number of hydrogen-bond acceptors (Lipinski definition) is 7. The number of nitrogens with zero attached hydrogens (tertiary/aromatic N) is 2. The van der Waals surface area contributed by atoms with Crippen LogP contribution < -0.4 is 21.4 Å². The summed E-state index contributed by atoms with van der Waals surface area (Å²) in [7, 11) is 1.33. The molecule has 0 spiro atoms. The summed E-state index contributed by atoms with van der Waals surface area (Å²) in [6, 6.07) is 5.26. The first kappa shape index (κ1) is 17.3. The van der Waals surface area contributed by atoms with Crippen molar-refractivity contribution in [3.63, 3.8) is 0 Å². The topological polar surface area (TPSA) is 115 Å². The highest BCUT2D eigenvalue weighted by Crippen LogP contribution is 2.23. The highest BCUT2D eigenvalue weighted by atomic mass is 16.6. The zero-order chi connectivity index (χ0) is 17.7. The van der Waals surface area contributed by atoms with E-state index in [1.54, 1.807) is 12.1 Å². The van der Waals surface area contributed by atoms with Crippen LogP contribution in [0, 0.1) is 6.92 Å². The summed E-state index contributed by atoms with van der Waals surface area (Å²) in [5.41, 5.74) is 0.263. The first-order chi connectivity index (χ1) is 11.4. The quantitative estimate of drug-likeness (QED) is 0.582. The van der Waals surface area contributed by atoms with Crippen LogP contribution in [0.3, 0.4) is 0 Å². The first-order valence-corrected chi connectivity index (χ1v) is 7.18. The van der Waals surface area contributed by atoms with Crippen molar-refractivity contribution in [1.29, 1.82) is 0 Å². The van der Waals surface area contributed by atoms with Gasteiger partial charge in [-0.2, -0.15) is 4.98 Å². The summed E-state index contributed by atoms with van der Waals surface area (Å²) in [4.78, 5) is 40.0. The van der Waals surface area contributed by atoms with Gasteiger partial charge in [-0.25, -0.2) is 14.2 Å². The molecule has 2 rings (SSSR count). The maximum Gasteiger partial charge on any atom is 0.354 e. The number of benzene rings is 1. The van der Waals surface area contributed by atoms with Gasteiger partial charge in [0.2, 0.25) is 5.95 Å². The van der Waals surface area contributed by atoms with Gasteiger partial charge in [-0.15, -0.1) is 0 Å². The first-order valence-electron chi connectivity index (χ1n) is 7.18. The standard InChI is InChI=1S/C15H18N4O5/c1-9-4-5-11(24-7-6-23-10(2)20)8-12(9)16-13-17-14(21)19(3)15(22)18-13/h4-5,8H,6-7H2,1-3H3,(H2,16,17,18,21,22). The predicted molar refractivity (Wildman–Crippen MR) is 86.7 cm³/mol. The molecule has 1 aromatic heterocycles. The minimum atomic E-state index is -0.660. The number of carbonyl (C=O) groups excluding carboxylic acids is 1. The van der Waals surface area contributed by atoms with E-state index in [4.69, 9.17) is 9.47 Å². The molecule has 0 fully saturated rings. The van der Waals surface area contributed by atoms with Crippen LogP contribution in [0.5, 0.6) is 5.75 Å². The van der Waals surface area contributed by atoms with Gasteiger partial charge in [0, 0.05) is 25.7 Å². The Labute approximate surface area is 137 Å². The molecule has 24 heavy (non-hydrogen) atoms. The highest BCUT2D eigenvalue weighted by Gasteiger charge is 2.06. The summed E-state index contributed by atoms with van der Waals surface area (Å²) in [5, 5.41) is 2.88. The van der Waals surface area contributed by atoms with Crippen molar-refractivity contribution in [2.45, 2.75) is 13.8 Å². The second-order valence-corrected chi connectivity index (χ2v) is 5.02. The number of carbonyl (C=O) groups is 1. The van der Waals surface area contributed by atoms with Gasteiger partial charge in [0.05, 0.1) is 0 Å². The van der Waals surface area contributed by atoms with Crippen molar-refractivity contribution in [1.82, 2.24) is 14.5 Å². The third-order valence-electron chi connectivity index (χ3n) is 3.14. The van der Waals surface area contributed by atoms with E-state index in [1.807, 2.05) is 13.0 Å². The van der Waals surface area contributed by atoms with Crippen LogP contribution in [0.25, 0.3) is 0 Å². The van der Waals surface area contributed by atoms with E-state index in [0.717, 1.165) is 10.1 Å². The molecule has 0 atom stereocenters. The lowest BCUT2D eigenvalue weighted by Gasteiger charge is -2.12. The number of rotatable bonds is 6. The molecule has 2 N–H and O–H groups in total. The summed E-state index contributed by atoms with van der Waals surface area (Å²) in [5.74, 6) is 0.218. The van der Waals surface area contributed by atoms with E-state index in [0.29, 0.717) is 11.4 Å². The van der Waals surface area contributed by atoms with Crippen LogP contribution in [0.15, 0.2) is 27.8 Å². The Hall–Kier alpha value is -3.10. The fourth-order valence-corrected chi connectivity index (χ4v) is 1.83. The van der Waals surface area contributed by atoms with Gasteiger partial charge in [0.25, 0.3) is 0 Å². The average Bonchev–Trinajstić information content (AvgIpc) is 2.52. The molecule has 0 aliphatic carbocycles. The van der Waals surface area contributed by atoms with Gasteiger partial charge in [-0.05, 0) is 18.6 Å². The SMILES string of the molecule is CC(=O)OCCOc1ccc(C)c(Nc2nc(=O)n(C)c(=O)[nH]2)c1. The number of hydrogen-bond donors (Lipinski definition) is 2. The molecule has 0 bridgehead atoms. The Balaban J connectivity index is 2.12. The predicted octanol–water partition coefficient (Wildman–Crippen LogP) is 0.463. The van der Waals surface area contributed by atoms with Gasteiger partial charge < -0.3 is 14.8 Å². The molecule has 128 valence electrons. The summed E-state index contributed by atoms with van der Waals surface area (Å²) >= 11 is 0. The Morgan fingerprint density at radius 2 is 2.08 bits per heavy atom. The summed E-state index contributed by atoms with van der Waals surface area (Å²) in [6.07, 6.45) is 0. The normalized spacial score (nSPS) is 10.3. The van der Waals surface area contributed by atoms with E-state index < -0.39 is 11.4 Å². The van der Waals surface area contributed by atoms with Gasteiger partial charge in [0.1, 0.15) is 19.0 Å². The van der Waals surface area contributed by atoms with Crippen LogP contribution in [-0.2, 0) is 16.6 Å². The van der Waals surface area contributed by atoms with Crippen LogP contribution in [0.4, 0.5) is 11.6 Å². The molecular weight excluding hydrogens is 316 g/mol. The van der Waals surface area contributed by atoms with Gasteiger partial charge in [0.15, 0.2) is 0 Å². The van der Waals surface area contributed by atoms with E-state index in [9.17, 15) is 14.4 Å². The van der Waals surface area contributed by atoms with Crippen LogP contribution in [-0.4, -0.2) is 33.7 Å². The monoisotopic (exact) mass is 334 g/mol. The average molecular weight is 334 g/mol. The van der Waals surface area contributed by atoms with Gasteiger partial charge in [-0.3, -0.25) is 9.78 Å². The molecule has 1 heterocycles. The number of esters is 1. The Bertz CT molecular complexity index is 824. The molecule has 0 radical (unpaired) electrons. The number of anilines is 2. The van der Waals surface area contributed by atoms with Crippen molar-refractivity contribution in [3.05, 3.63) is 44.7 Å². The zero-order valence-electron chi connectivity index (χ0n) is 13.6. The van der Waals surface area contributed by atoms with Gasteiger partial charge >= 0.3 is 17.3 Å². The van der Waals surface area contributed by atoms with E-state index in [-0.39, 0.29) is 25.1 Å². The molecule has 0 saturated carbocycles. The lowest BCUT2D eigenvalue weighted by atomic mass is 10.2. The zero-order valence-corrected chi connectivity index (χ0v) is 13.6. The maximum absolute atomic E-state index is 11.6. The van der Waals surface area contributed by atoms with E-state index in [2.05, 4.69) is 15.3 Å². The van der Waals surface area contributed by atoms with E-state index >= 15 is 0 Å². The number of aryl methyl sites for hydroxylation is 1. The third-order valence-corrected chi connectivity index (χ3v) is 3.14. The summed E-state index contributed by atoms with van der Waals surface area (Å²) in [6.45, 7) is 3.54. The molecule has 9 nitrogen and oxygen atoms in total. The van der Waals surface area contributed by atoms with Crippen molar-refractivity contribution in [2.75, 3.05) is 18.5 Å². The number of H-pyrrole nitrogens is 1. The summed E-state index contributed by atoms with van der Waals surface area (Å²) < 4.78 is 11.1. The fraction of sp³-hybridized carbons (Fsp3) is 0.333. The lowest BCUT2D eigenvalue weighted by molar-refractivity contribution is -0.141. The second-order valence-electron chi connectivity index (χ2n) is 5.02. The Kier molecular flexibility index (Phi) is 5.35. The molecule has 0 saturated heterocycles. The highest BCUT2D eigenvalue weighted by molar-refractivity contribution is 5.65. The third kappa shape index (κ3) is 4.45. The largest absolute Gasteiger partial charge is 0.490 e. The van der Waals surface area contributed by atoms with Crippen molar-refractivity contribution in [3.8, 4) is 5.75 Å². The number of aromatic nitrogens is 3. The fourth-order valence-electron chi connectivity index (χ4n) is 1.83. The lowest BCUT2D eigenvalue weighted by Crippen LogP contribution is -2.35. The van der Waals surface area contributed by atoms with Crippen LogP contribution in [0.1, 0.15) is 12.5 Å². The molecule has 0 unspecified atom stereocenters. The minimum absolute atomic E-state index is 0.0447. The Morgan fingerprint density at radius 3 is 2.75 bits per heavy atom. The molecule has 0 amide bonds. The molecule has 9 heteroatoms. The van der Waals surface area contributed by atoms with Gasteiger partial charge in [-0.1, -0.05) is 6.07 Å². The van der Waals surface area contributed by atoms with Crippen LogP contribution >= 0.6 is 0 Å². The van der Waals surface area contributed by atoms with E-state index in [1.165, 1.54) is 14.0 Å². The number of aromatic amines is 1. The minimum Gasteiger partial charge on any atom is -0.490 e. The molecular formula is C15H18N4O5. The maximum atomic E-state index is 11.6. The molecule has 2 aromatic rings. The number of ether oxygens (including phenoxy) is 2. The van der Waals surface area contributed by atoms with Crippen molar-refractivity contribution in [2.24, 2.45) is 7.05 Å². The number of nitrogens with one attached hydrogen (secondary N) is 2. The smallest absolute Gasteiger partial charge is 0.354 e. The molecule has 0 aliphatic rings. The van der Waals surface area contributed by atoms with Crippen LogP contribution in [0.2, 0.25) is 0 Å². The van der Waals surface area contributed by atoms with Crippen molar-refractivity contribution >= 4 is 17.6 Å². The molecule has 1 aromatic carbocycles. The Morgan fingerprint density at radius 1 is 1.33 bits per heavy atom. The second kappa shape index (κ2) is 7.44.